The summed E-state index contributed by atoms with van der Waals surface area (Å²) < 4.78 is 0. The van der Waals surface area contributed by atoms with Crippen LogP contribution in [0.25, 0.3) is 0 Å². The van der Waals surface area contributed by atoms with Crippen molar-refractivity contribution in [1.29, 1.82) is 0 Å². The molecule has 102 valence electrons. The first-order valence-corrected chi connectivity index (χ1v) is 8.30. The molecule has 0 unspecified atom stereocenters. The lowest BCUT2D eigenvalue weighted by atomic mass is 9.80. The van der Waals surface area contributed by atoms with Gasteiger partial charge in [0, 0.05) is 0 Å². The average Bonchev–Trinajstić information content (AvgIpc) is 2.93. The van der Waals surface area contributed by atoms with E-state index in [0.717, 1.165) is 17.8 Å². The Morgan fingerprint density at radius 1 is 0.529 bits per heavy atom. The van der Waals surface area contributed by atoms with Crippen LogP contribution in [-0.4, -0.2) is 0 Å². The molecule has 2 aliphatic carbocycles. The molecule has 0 atom stereocenters. The maximum Gasteiger partial charge on any atom is -0.0417 e. The average molecular weight is 238 g/mol. The Morgan fingerprint density at radius 3 is 1.06 bits per heavy atom. The molecule has 0 aromatic carbocycles. The van der Waals surface area contributed by atoms with Gasteiger partial charge in [-0.25, -0.2) is 0 Å². The van der Waals surface area contributed by atoms with Crippen LogP contribution in [0.15, 0.2) is 0 Å². The summed E-state index contributed by atoms with van der Waals surface area (Å²) in [5.41, 5.74) is 0. The molecule has 2 aliphatic rings. The van der Waals surface area contributed by atoms with Gasteiger partial charge in [-0.1, -0.05) is 91.4 Å². The van der Waals surface area contributed by atoms with Gasteiger partial charge in [0.2, 0.25) is 0 Å². The molecule has 0 heteroatoms. The van der Waals surface area contributed by atoms with Crippen LogP contribution in [-0.2, 0) is 0 Å². The zero-order valence-electron chi connectivity index (χ0n) is 12.5. The Bertz CT molecular complexity index is 147. The Balaban J connectivity index is 0.000000181. The van der Waals surface area contributed by atoms with E-state index in [1.807, 2.05) is 0 Å². The van der Waals surface area contributed by atoms with E-state index in [1.54, 1.807) is 0 Å². The van der Waals surface area contributed by atoms with Crippen molar-refractivity contribution < 1.29 is 0 Å². The van der Waals surface area contributed by atoms with Gasteiger partial charge < -0.3 is 0 Å². The number of hydrogen-bond donors (Lipinski definition) is 0. The zero-order chi connectivity index (χ0) is 12.5. The van der Waals surface area contributed by atoms with E-state index in [9.17, 15) is 0 Å². The third-order valence-corrected chi connectivity index (χ3v) is 5.17. The molecular weight excluding hydrogens is 204 g/mol. The molecule has 0 aromatic heterocycles. The van der Waals surface area contributed by atoms with Crippen molar-refractivity contribution in [3.05, 3.63) is 0 Å². The van der Waals surface area contributed by atoms with Crippen molar-refractivity contribution in [2.75, 3.05) is 0 Å². The van der Waals surface area contributed by atoms with Crippen molar-refractivity contribution >= 4 is 0 Å². The molecule has 0 heterocycles. The van der Waals surface area contributed by atoms with Crippen molar-refractivity contribution in [3.8, 4) is 0 Å². The van der Waals surface area contributed by atoms with Crippen LogP contribution in [0.2, 0.25) is 0 Å². The lowest BCUT2D eigenvalue weighted by Crippen LogP contribution is -2.12. The zero-order valence-corrected chi connectivity index (χ0v) is 12.5. The van der Waals surface area contributed by atoms with Gasteiger partial charge in [-0.2, -0.15) is 0 Å². The molecule has 0 nitrogen and oxygen atoms in total. The third kappa shape index (κ3) is 5.93. The molecule has 0 spiro atoms. The van der Waals surface area contributed by atoms with Gasteiger partial charge in [0.25, 0.3) is 0 Å². The molecule has 17 heavy (non-hydrogen) atoms. The predicted octanol–water partition coefficient (Wildman–Crippen LogP) is 6.20. The van der Waals surface area contributed by atoms with Crippen molar-refractivity contribution in [3.63, 3.8) is 0 Å². The second-order valence-corrected chi connectivity index (χ2v) is 6.26. The number of rotatable bonds is 3. The van der Waals surface area contributed by atoms with Crippen LogP contribution in [0.1, 0.15) is 91.4 Å². The monoisotopic (exact) mass is 238 g/mol. The Morgan fingerprint density at radius 2 is 0.824 bits per heavy atom. The van der Waals surface area contributed by atoms with E-state index in [2.05, 4.69) is 20.8 Å². The van der Waals surface area contributed by atoms with Crippen LogP contribution in [0.5, 0.6) is 0 Å². The highest BCUT2D eigenvalue weighted by Gasteiger charge is 2.17. The maximum atomic E-state index is 2.33. The van der Waals surface area contributed by atoms with E-state index in [-0.39, 0.29) is 0 Å². The molecule has 0 saturated heterocycles. The number of hydrogen-bond acceptors (Lipinski definition) is 0. The quantitative estimate of drug-likeness (QED) is 0.549. The van der Waals surface area contributed by atoms with Crippen LogP contribution in [0.4, 0.5) is 0 Å². The minimum absolute atomic E-state index is 1.07. The minimum atomic E-state index is 1.07. The normalized spacial score (nSPS) is 29.8. The summed E-state index contributed by atoms with van der Waals surface area (Å²) >= 11 is 0. The summed E-state index contributed by atoms with van der Waals surface area (Å²) in [4.78, 5) is 0. The summed E-state index contributed by atoms with van der Waals surface area (Å²) in [5, 5.41) is 0. The fourth-order valence-corrected chi connectivity index (χ4v) is 3.47. The first kappa shape index (κ1) is 15.1. The molecule has 0 N–H and O–H groups in total. The lowest BCUT2D eigenvalue weighted by Gasteiger charge is -2.26. The second-order valence-electron chi connectivity index (χ2n) is 6.26. The van der Waals surface area contributed by atoms with Gasteiger partial charge in [0.1, 0.15) is 0 Å². The van der Waals surface area contributed by atoms with Crippen molar-refractivity contribution in [2.45, 2.75) is 91.4 Å². The maximum absolute atomic E-state index is 2.33. The van der Waals surface area contributed by atoms with Crippen LogP contribution in [0.3, 0.4) is 0 Å². The van der Waals surface area contributed by atoms with Gasteiger partial charge in [-0.05, 0) is 17.8 Å². The van der Waals surface area contributed by atoms with Gasteiger partial charge in [-0.3, -0.25) is 0 Å². The Hall–Kier alpha value is 0. The molecule has 2 fully saturated rings. The van der Waals surface area contributed by atoms with E-state index in [0.29, 0.717) is 0 Å². The first-order chi connectivity index (χ1) is 8.30. The summed E-state index contributed by atoms with van der Waals surface area (Å²) in [6.07, 6.45) is 16.3. The second kappa shape index (κ2) is 9.00. The summed E-state index contributed by atoms with van der Waals surface area (Å²) in [5.74, 6) is 3.24. The van der Waals surface area contributed by atoms with Gasteiger partial charge in [0.15, 0.2) is 0 Å². The summed E-state index contributed by atoms with van der Waals surface area (Å²) in [7, 11) is 0. The van der Waals surface area contributed by atoms with E-state index >= 15 is 0 Å². The molecule has 2 rings (SSSR count). The highest BCUT2D eigenvalue weighted by molar-refractivity contribution is 4.70. The smallest absolute Gasteiger partial charge is 0.0417 e. The van der Waals surface area contributed by atoms with E-state index in [1.165, 1.54) is 70.6 Å². The predicted molar refractivity (Wildman–Crippen MR) is 78.3 cm³/mol. The van der Waals surface area contributed by atoms with Gasteiger partial charge in [0.05, 0.1) is 0 Å². The SMILES string of the molecule is CCC1CCC(CC)CC1.CCC1CCCC1. The fraction of sp³-hybridized carbons (Fsp3) is 1.00. The highest BCUT2D eigenvalue weighted by atomic mass is 14.2. The van der Waals surface area contributed by atoms with Crippen LogP contribution < -0.4 is 0 Å². The van der Waals surface area contributed by atoms with E-state index < -0.39 is 0 Å². The van der Waals surface area contributed by atoms with E-state index in [4.69, 9.17) is 0 Å². The molecule has 0 bridgehead atoms. The van der Waals surface area contributed by atoms with Crippen LogP contribution in [0, 0.1) is 17.8 Å². The van der Waals surface area contributed by atoms with Gasteiger partial charge >= 0.3 is 0 Å². The molecule has 0 aliphatic heterocycles. The largest absolute Gasteiger partial charge is 0.0651 e. The molecule has 2 saturated carbocycles. The Kier molecular flexibility index (Phi) is 7.97. The topological polar surface area (TPSA) is 0 Å². The summed E-state index contributed by atoms with van der Waals surface area (Å²) in [6, 6.07) is 0. The molecule has 0 radical (unpaired) electrons. The summed E-state index contributed by atoms with van der Waals surface area (Å²) in [6.45, 7) is 6.96. The van der Waals surface area contributed by atoms with Gasteiger partial charge in [-0.15, -0.1) is 0 Å². The highest BCUT2D eigenvalue weighted by Crippen LogP contribution is 2.31. The van der Waals surface area contributed by atoms with Crippen molar-refractivity contribution in [2.24, 2.45) is 17.8 Å². The standard InChI is InChI=1S/C10H20.C7H14/c1-3-9-5-7-10(4-2)8-6-9;1-2-7-5-3-4-6-7/h9-10H,3-8H2,1-2H3;7H,2-6H2,1H3. The lowest BCUT2D eigenvalue weighted by molar-refractivity contribution is 0.264. The molecule has 0 amide bonds. The molecular formula is C17H34. The van der Waals surface area contributed by atoms with Crippen molar-refractivity contribution in [1.82, 2.24) is 0 Å². The van der Waals surface area contributed by atoms with Crippen LogP contribution >= 0.6 is 0 Å². The molecule has 0 aromatic rings. The third-order valence-electron chi connectivity index (χ3n) is 5.17. The fourth-order valence-electron chi connectivity index (χ4n) is 3.47. The Labute approximate surface area is 110 Å². The minimum Gasteiger partial charge on any atom is -0.0651 e. The first-order valence-electron chi connectivity index (χ1n) is 8.30.